The first-order valence-corrected chi connectivity index (χ1v) is 11.0. The molecule has 6 heteroatoms. The molecule has 0 radical (unpaired) electrons. The predicted molar refractivity (Wildman–Crippen MR) is 123 cm³/mol. The summed E-state index contributed by atoms with van der Waals surface area (Å²) >= 11 is 1.68. The van der Waals surface area contributed by atoms with E-state index in [1.165, 1.54) is 0 Å². The quantitative estimate of drug-likeness (QED) is 0.744. The highest BCUT2D eigenvalue weighted by molar-refractivity contribution is 7.18. The molecule has 0 bridgehead atoms. The van der Waals surface area contributed by atoms with Crippen LogP contribution >= 0.6 is 11.3 Å². The standard InChI is InChI=1S/C24H24N4OS/c1-17-25-22-9-6-19(14-23(22)30-17)18-4-3-5-20-7-8-21(16-28(20)24(29)15-18)27-12-10-26(2)11-13-27/h3-9,14-16H,10-13H2,1-2H3/b4-3+,18-15+,20-5+. The molecule has 0 aliphatic carbocycles. The van der Waals surface area contributed by atoms with Gasteiger partial charge >= 0.3 is 0 Å². The monoisotopic (exact) mass is 416 g/mol. The minimum Gasteiger partial charge on any atom is -0.368 e. The third-order valence-corrected chi connectivity index (χ3v) is 6.65. The second-order valence-corrected chi connectivity index (χ2v) is 9.09. The molecule has 1 amide bonds. The number of allylic oxidation sites excluding steroid dienone is 6. The van der Waals surface area contributed by atoms with Crippen LogP contribution in [0.15, 0.2) is 72.2 Å². The van der Waals surface area contributed by atoms with Gasteiger partial charge in [0, 0.05) is 44.2 Å². The van der Waals surface area contributed by atoms with Crippen LogP contribution in [0.3, 0.4) is 0 Å². The van der Waals surface area contributed by atoms with Crippen molar-refractivity contribution in [3.8, 4) is 0 Å². The zero-order valence-corrected chi connectivity index (χ0v) is 18.0. The molecule has 0 saturated carbocycles. The molecule has 1 fully saturated rings. The van der Waals surface area contributed by atoms with Gasteiger partial charge in [-0.15, -0.1) is 11.3 Å². The lowest BCUT2D eigenvalue weighted by Gasteiger charge is -2.36. The van der Waals surface area contributed by atoms with Crippen LogP contribution in [0.2, 0.25) is 0 Å². The molecule has 0 atom stereocenters. The lowest BCUT2D eigenvalue weighted by atomic mass is 10.0. The largest absolute Gasteiger partial charge is 0.368 e. The van der Waals surface area contributed by atoms with Gasteiger partial charge in [0.05, 0.1) is 20.9 Å². The normalized spacial score (nSPS) is 24.5. The smallest absolute Gasteiger partial charge is 0.255 e. The SMILES string of the molecule is Cc1nc2ccc(C3=C\C(=O)N4C=C(N5CCN(C)CC5)C=C\C4=C/C=C/3)cc2s1. The van der Waals surface area contributed by atoms with Crippen molar-refractivity contribution < 1.29 is 4.79 Å². The van der Waals surface area contributed by atoms with Crippen molar-refractivity contribution in [2.45, 2.75) is 6.92 Å². The maximum Gasteiger partial charge on any atom is 0.255 e. The number of hydrogen-bond donors (Lipinski definition) is 0. The number of likely N-dealkylation sites (N-methyl/N-ethyl adjacent to an activating group) is 1. The lowest BCUT2D eigenvalue weighted by Crippen LogP contribution is -2.44. The molecule has 3 aliphatic rings. The Kier molecular flexibility index (Phi) is 4.89. The first-order chi connectivity index (χ1) is 14.6. The maximum atomic E-state index is 13.2. The number of hydrogen-bond acceptors (Lipinski definition) is 5. The molecule has 30 heavy (non-hydrogen) atoms. The van der Waals surface area contributed by atoms with E-state index in [-0.39, 0.29) is 5.91 Å². The van der Waals surface area contributed by atoms with Gasteiger partial charge in [-0.25, -0.2) is 4.98 Å². The number of carbonyl (C=O) groups is 1. The van der Waals surface area contributed by atoms with Crippen molar-refractivity contribution in [1.82, 2.24) is 19.7 Å². The molecule has 0 N–H and O–H groups in total. The van der Waals surface area contributed by atoms with E-state index in [4.69, 9.17) is 0 Å². The maximum absolute atomic E-state index is 13.2. The number of aromatic nitrogens is 1. The zero-order valence-electron chi connectivity index (χ0n) is 17.2. The summed E-state index contributed by atoms with van der Waals surface area (Å²) in [5.41, 5.74) is 4.93. The van der Waals surface area contributed by atoms with Crippen molar-refractivity contribution in [3.63, 3.8) is 0 Å². The molecule has 1 aromatic carbocycles. The Morgan fingerprint density at radius 1 is 1.03 bits per heavy atom. The Balaban J connectivity index is 1.46. The number of amides is 1. The van der Waals surface area contributed by atoms with Crippen LogP contribution < -0.4 is 0 Å². The van der Waals surface area contributed by atoms with Crippen LogP contribution in [-0.2, 0) is 4.79 Å². The first-order valence-electron chi connectivity index (χ1n) is 10.2. The van der Waals surface area contributed by atoms with Gasteiger partial charge in [-0.3, -0.25) is 9.69 Å². The van der Waals surface area contributed by atoms with Gasteiger partial charge in [0.1, 0.15) is 0 Å². The van der Waals surface area contributed by atoms with E-state index in [1.807, 2.05) is 49.6 Å². The van der Waals surface area contributed by atoms with E-state index in [2.05, 4.69) is 34.0 Å². The molecule has 5 rings (SSSR count). The molecular weight excluding hydrogens is 392 g/mol. The van der Waals surface area contributed by atoms with Crippen molar-refractivity contribution >= 4 is 33.0 Å². The second kappa shape index (κ2) is 7.70. The summed E-state index contributed by atoms with van der Waals surface area (Å²) in [4.78, 5) is 24.2. The molecule has 0 unspecified atom stereocenters. The number of fused-ring (bicyclic) bond motifs is 2. The van der Waals surface area contributed by atoms with Gasteiger partial charge in [-0.2, -0.15) is 0 Å². The fourth-order valence-electron chi connectivity index (χ4n) is 3.98. The van der Waals surface area contributed by atoms with Crippen molar-refractivity contribution in [3.05, 3.63) is 82.8 Å². The zero-order chi connectivity index (χ0) is 20.7. The molecule has 4 heterocycles. The van der Waals surface area contributed by atoms with E-state index in [1.54, 1.807) is 22.3 Å². The Hall–Kier alpha value is -2.96. The van der Waals surface area contributed by atoms with Gasteiger partial charge in [-0.1, -0.05) is 18.2 Å². The van der Waals surface area contributed by atoms with Crippen LogP contribution in [-0.4, -0.2) is 58.8 Å². The highest BCUT2D eigenvalue weighted by Crippen LogP contribution is 2.29. The molecule has 152 valence electrons. The lowest BCUT2D eigenvalue weighted by molar-refractivity contribution is -0.122. The van der Waals surface area contributed by atoms with Gasteiger partial charge in [0.2, 0.25) is 0 Å². The van der Waals surface area contributed by atoms with Crippen LogP contribution in [0, 0.1) is 6.92 Å². The summed E-state index contributed by atoms with van der Waals surface area (Å²) < 4.78 is 1.14. The number of aryl methyl sites for hydroxylation is 1. The van der Waals surface area contributed by atoms with E-state index in [9.17, 15) is 4.79 Å². The van der Waals surface area contributed by atoms with E-state index < -0.39 is 0 Å². The van der Waals surface area contributed by atoms with Crippen molar-refractivity contribution in [2.24, 2.45) is 0 Å². The summed E-state index contributed by atoms with van der Waals surface area (Å²) in [7, 11) is 2.15. The minimum absolute atomic E-state index is 0.0304. The molecule has 5 nitrogen and oxygen atoms in total. The Morgan fingerprint density at radius 2 is 1.83 bits per heavy atom. The Labute approximate surface area is 180 Å². The van der Waals surface area contributed by atoms with Gasteiger partial charge < -0.3 is 9.80 Å². The van der Waals surface area contributed by atoms with Crippen LogP contribution in [0.1, 0.15) is 10.6 Å². The first kappa shape index (κ1) is 19.0. The number of thiazole rings is 1. The summed E-state index contributed by atoms with van der Waals surface area (Å²) in [6.07, 6.45) is 13.9. The minimum atomic E-state index is -0.0304. The van der Waals surface area contributed by atoms with Gasteiger partial charge in [0.25, 0.3) is 5.91 Å². The molecule has 0 spiro atoms. The summed E-state index contributed by atoms with van der Waals surface area (Å²) in [6, 6.07) is 6.19. The average molecular weight is 417 g/mol. The predicted octanol–water partition coefficient (Wildman–Crippen LogP) is 3.93. The molecule has 1 aromatic heterocycles. The third-order valence-electron chi connectivity index (χ3n) is 5.72. The van der Waals surface area contributed by atoms with Gasteiger partial charge in [-0.05, 0) is 55.5 Å². The third kappa shape index (κ3) is 3.64. The van der Waals surface area contributed by atoms with Crippen molar-refractivity contribution in [1.29, 1.82) is 0 Å². The summed E-state index contributed by atoms with van der Waals surface area (Å²) in [5.74, 6) is -0.0304. The number of rotatable bonds is 2. The number of carbonyl (C=O) groups excluding carboxylic acids is 1. The molecular formula is C24H24N4OS. The van der Waals surface area contributed by atoms with Gasteiger partial charge in [0.15, 0.2) is 0 Å². The van der Waals surface area contributed by atoms with E-state index in [0.29, 0.717) is 0 Å². The fourth-order valence-corrected chi connectivity index (χ4v) is 4.85. The molecule has 2 aromatic rings. The highest BCUT2D eigenvalue weighted by Gasteiger charge is 2.22. The number of nitrogens with zero attached hydrogens (tertiary/aromatic N) is 4. The van der Waals surface area contributed by atoms with E-state index in [0.717, 1.165) is 63.9 Å². The van der Waals surface area contributed by atoms with Crippen LogP contribution in [0.4, 0.5) is 0 Å². The second-order valence-electron chi connectivity index (χ2n) is 7.85. The van der Waals surface area contributed by atoms with Crippen molar-refractivity contribution in [2.75, 3.05) is 33.2 Å². The summed E-state index contributed by atoms with van der Waals surface area (Å²) in [5, 5.41) is 1.05. The topological polar surface area (TPSA) is 39.7 Å². The molecule has 1 saturated heterocycles. The average Bonchev–Trinajstić information content (AvgIpc) is 3.11. The highest BCUT2D eigenvalue weighted by atomic mass is 32.1. The Morgan fingerprint density at radius 3 is 2.67 bits per heavy atom. The van der Waals surface area contributed by atoms with Crippen LogP contribution in [0.5, 0.6) is 0 Å². The number of benzene rings is 1. The Bertz CT molecular complexity index is 1160. The fraction of sp³-hybridized carbons (Fsp3) is 0.250. The van der Waals surface area contributed by atoms with E-state index >= 15 is 0 Å². The number of piperazine rings is 1. The summed E-state index contributed by atoms with van der Waals surface area (Å²) in [6.45, 7) is 6.04. The molecule has 3 aliphatic heterocycles. The van der Waals surface area contributed by atoms with Crippen LogP contribution in [0.25, 0.3) is 15.8 Å².